The number of fused-ring (bicyclic) bond motifs is 2. The van der Waals surface area contributed by atoms with E-state index >= 15 is 0 Å². The number of allylic oxidation sites excluding steroid dienone is 1. The van der Waals surface area contributed by atoms with Gasteiger partial charge in [-0.25, -0.2) is 8.42 Å². The van der Waals surface area contributed by atoms with Crippen molar-refractivity contribution in [2.45, 2.75) is 11.8 Å². The van der Waals surface area contributed by atoms with Crippen molar-refractivity contribution >= 4 is 39.2 Å². The summed E-state index contributed by atoms with van der Waals surface area (Å²) in [5.74, 6) is -2.57. The van der Waals surface area contributed by atoms with E-state index in [1.54, 1.807) is 61.5 Å². The van der Waals surface area contributed by atoms with Gasteiger partial charge in [-0.05, 0) is 25.1 Å². The summed E-state index contributed by atoms with van der Waals surface area (Å²) in [6.07, 6.45) is 0. The fraction of sp³-hybridized carbons (Fsp3) is 0.111. The lowest BCUT2D eigenvalue weighted by atomic mass is 10.0. The topological polar surface area (TPSA) is 121 Å². The molecule has 0 fully saturated rings. The fourth-order valence-corrected chi connectivity index (χ4v) is 6.19. The highest BCUT2D eigenvalue weighted by molar-refractivity contribution is 7.89. The maximum absolute atomic E-state index is 13.6. The quantitative estimate of drug-likeness (QED) is 0.398. The number of imide groups is 1. The molecule has 10 heteroatoms. The Morgan fingerprint density at radius 2 is 1.32 bits per heavy atom. The Bertz CT molecular complexity index is 1580. The van der Waals surface area contributed by atoms with Crippen LogP contribution in [0.4, 0.5) is 0 Å². The van der Waals surface area contributed by atoms with E-state index < -0.39 is 40.1 Å². The number of nitrogens with one attached hydrogen (secondary N) is 1. The van der Waals surface area contributed by atoms with Crippen molar-refractivity contribution in [3.63, 3.8) is 0 Å². The molecule has 37 heavy (non-hydrogen) atoms. The van der Waals surface area contributed by atoms with Gasteiger partial charge in [-0.1, -0.05) is 60.7 Å². The molecule has 0 saturated heterocycles. The first-order valence-electron chi connectivity index (χ1n) is 11.5. The Hall–Kier alpha value is -4.57. The van der Waals surface area contributed by atoms with Crippen molar-refractivity contribution in [3.05, 3.63) is 107 Å². The maximum atomic E-state index is 13.6. The summed E-state index contributed by atoms with van der Waals surface area (Å²) in [6.45, 7) is 0.911. The molecular weight excluding hydrogens is 494 g/mol. The molecule has 0 unspecified atom stereocenters. The van der Waals surface area contributed by atoms with E-state index in [0.29, 0.717) is 0 Å². The molecular formula is C27H21N3O6S. The number of amides is 3. The van der Waals surface area contributed by atoms with Crippen molar-refractivity contribution < 1.29 is 27.6 Å². The number of likely N-dealkylation sites (N-methyl/N-ethyl adjacent to an activating group) is 1. The van der Waals surface area contributed by atoms with E-state index in [2.05, 4.69) is 5.32 Å². The molecule has 3 aromatic carbocycles. The zero-order chi connectivity index (χ0) is 26.3. The van der Waals surface area contributed by atoms with Crippen LogP contribution in [0.3, 0.4) is 0 Å². The van der Waals surface area contributed by atoms with Crippen molar-refractivity contribution in [3.8, 4) is 0 Å². The Morgan fingerprint density at radius 3 is 1.92 bits per heavy atom. The van der Waals surface area contributed by atoms with Crippen LogP contribution in [-0.2, 0) is 14.8 Å². The second-order valence-corrected chi connectivity index (χ2v) is 10.2. The number of rotatable bonds is 6. The highest BCUT2D eigenvalue weighted by atomic mass is 32.2. The molecule has 1 N–H and O–H groups in total. The van der Waals surface area contributed by atoms with Gasteiger partial charge in [0.25, 0.3) is 21.8 Å². The molecule has 0 aromatic heterocycles. The van der Waals surface area contributed by atoms with Crippen LogP contribution < -0.4 is 5.32 Å². The number of hydrogen-bond acceptors (Lipinski definition) is 6. The Morgan fingerprint density at radius 1 is 0.784 bits per heavy atom. The minimum absolute atomic E-state index is 0.0114. The van der Waals surface area contributed by atoms with Gasteiger partial charge < -0.3 is 5.32 Å². The molecule has 2 aliphatic heterocycles. The van der Waals surface area contributed by atoms with Crippen LogP contribution in [0.5, 0.6) is 0 Å². The third-order valence-corrected chi connectivity index (χ3v) is 8.13. The van der Waals surface area contributed by atoms with Gasteiger partial charge in [0.15, 0.2) is 0 Å². The van der Waals surface area contributed by atoms with Gasteiger partial charge in [-0.3, -0.25) is 28.4 Å². The van der Waals surface area contributed by atoms with Crippen LogP contribution >= 0.6 is 0 Å². The zero-order valence-corrected chi connectivity index (χ0v) is 20.5. The van der Waals surface area contributed by atoms with Crippen LogP contribution in [0.1, 0.15) is 43.6 Å². The monoisotopic (exact) mass is 515 g/mol. The predicted molar refractivity (Wildman–Crippen MR) is 134 cm³/mol. The van der Waals surface area contributed by atoms with Gasteiger partial charge in [0.1, 0.15) is 12.2 Å². The first-order valence-corrected chi connectivity index (χ1v) is 12.9. The molecule has 3 amide bonds. The summed E-state index contributed by atoms with van der Waals surface area (Å²) in [5, 5.41) is 2.64. The molecule has 9 nitrogen and oxygen atoms in total. The Labute approximate surface area is 213 Å². The number of sulfonamides is 1. The Balaban J connectivity index is 1.58. The molecule has 0 atom stereocenters. The smallest absolute Gasteiger partial charge is 0.265 e. The summed E-state index contributed by atoms with van der Waals surface area (Å²) >= 11 is 0. The van der Waals surface area contributed by atoms with Crippen LogP contribution in [-0.4, -0.2) is 54.2 Å². The van der Waals surface area contributed by atoms with E-state index in [9.17, 15) is 27.6 Å². The first kappa shape index (κ1) is 24.1. The average Bonchev–Trinajstić information content (AvgIpc) is 3.15. The molecule has 0 aliphatic carbocycles. The predicted octanol–water partition coefficient (Wildman–Crippen LogP) is 2.67. The number of ketones is 1. The normalized spacial score (nSPS) is 15.9. The molecule has 5 rings (SSSR count). The highest BCUT2D eigenvalue weighted by Crippen LogP contribution is 2.37. The molecule has 3 aromatic rings. The number of hydrogen-bond donors (Lipinski definition) is 1. The second-order valence-electron chi connectivity index (χ2n) is 8.37. The summed E-state index contributed by atoms with van der Waals surface area (Å²) in [6, 6.07) is 20.4. The van der Waals surface area contributed by atoms with E-state index in [-0.39, 0.29) is 45.1 Å². The summed E-state index contributed by atoms with van der Waals surface area (Å²) in [5.41, 5.74) is 0.544. The molecule has 0 spiro atoms. The van der Waals surface area contributed by atoms with Crippen molar-refractivity contribution in [2.75, 3.05) is 13.1 Å². The van der Waals surface area contributed by atoms with Gasteiger partial charge in [-0.15, -0.1) is 0 Å². The van der Waals surface area contributed by atoms with Crippen LogP contribution in [0.25, 0.3) is 5.70 Å². The maximum Gasteiger partial charge on any atom is 0.265 e. The van der Waals surface area contributed by atoms with E-state index in [1.165, 1.54) is 24.3 Å². The molecule has 186 valence electrons. The van der Waals surface area contributed by atoms with Crippen LogP contribution in [0.15, 0.2) is 89.5 Å². The SMILES string of the molecule is CCN1C(C(=O)c2ccccc2)=C(NC(=O)CN2C(=O)c3ccccc3C2=O)c2ccccc2S1(=O)=O. The summed E-state index contributed by atoms with van der Waals surface area (Å²) < 4.78 is 27.8. The minimum atomic E-state index is -4.10. The minimum Gasteiger partial charge on any atom is -0.322 e. The zero-order valence-electron chi connectivity index (χ0n) is 19.7. The van der Waals surface area contributed by atoms with Gasteiger partial charge in [0.05, 0.1) is 21.7 Å². The number of carbonyl (C=O) groups is 4. The Kier molecular flexibility index (Phi) is 5.96. The standard InChI is InChI=1S/C27H21N3O6S/c1-2-30-24(25(32)17-10-4-3-5-11-17)23(20-14-8-9-15-21(20)37(30,35)36)28-22(31)16-29-26(33)18-12-6-7-13-19(18)27(29)34/h3-15H,2,16H2,1H3,(H,28,31). The first-order chi connectivity index (χ1) is 17.8. The number of nitrogens with zero attached hydrogens (tertiary/aromatic N) is 2. The summed E-state index contributed by atoms with van der Waals surface area (Å²) in [7, 11) is -4.10. The molecule has 2 aliphatic rings. The number of Topliss-reactive ketones (excluding diaryl/α,β-unsaturated/α-hetero) is 1. The lowest BCUT2D eigenvalue weighted by molar-refractivity contribution is -0.120. The number of carbonyl (C=O) groups excluding carboxylic acids is 4. The fourth-order valence-electron chi connectivity index (χ4n) is 4.50. The molecule has 0 bridgehead atoms. The summed E-state index contributed by atoms with van der Waals surface area (Å²) in [4.78, 5) is 53.1. The van der Waals surface area contributed by atoms with Gasteiger partial charge in [-0.2, -0.15) is 0 Å². The van der Waals surface area contributed by atoms with Crippen molar-refractivity contribution in [1.29, 1.82) is 0 Å². The third kappa shape index (κ3) is 3.91. The van der Waals surface area contributed by atoms with Crippen LogP contribution in [0, 0.1) is 0 Å². The number of benzene rings is 3. The largest absolute Gasteiger partial charge is 0.322 e. The van der Waals surface area contributed by atoms with Gasteiger partial charge in [0.2, 0.25) is 11.7 Å². The van der Waals surface area contributed by atoms with Crippen molar-refractivity contribution in [1.82, 2.24) is 14.5 Å². The lowest BCUT2D eigenvalue weighted by Gasteiger charge is -2.33. The van der Waals surface area contributed by atoms with Crippen molar-refractivity contribution in [2.24, 2.45) is 0 Å². The molecule has 2 heterocycles. The third-order valence-electron chi connectivity index (χ3n) is 6.19. The molecule has 0 saturated carbocycles. The van der Waals surface area contributed by atoms with E-state index in [0.717, 1.165) is 9.21 Å². The van der Waals surface area contributed by atoms with E-state index in [1.807, 2.05) is 0 Å². The lowest BCUT2D eigenvalue weighted by Crippen LogP contribution is -2.44. The van der Waals surface area contributed by atoms with Gasteiger partial charge >= 0.3 is 0 Å². The highest BCUT2D eigenvalue weighted by Gasteiger charge is 2.41. The van der Waals surface area contributed by atoms with Gasteiger partial charge in [0, 0.05) is 17.7 Å². The molecule has 0 radical (unpaired) electrons. The van der Waals surface area contributed by atoms with E-state index in [4.69, 9.17) is 0 Å². The average molecular weight is 516 g/mol. The van der Waals surface area contributed by atoms with Crippen LogP contribution in [0.2, 0.25) is 0 Å². The second kappa shape index (κ2) is 9.14.